The number of hydroxylamine groups is 1. The summed E-state index contributed by atoms with van der Waals surface area (Å²) in [5.41, 5.74) is 2.33. The Morgan fingerprint density at radius 3 is 2.71 bits per heavy atom. The van der Waals surface area contributed by atoms with E-state index in [-0.39, 0.29) is 11.7 Å². The average Bonchev–Trinajstić information content (AvgIpc) is 1.61. The Morgan fingerprint density at radius 1 is 2.00 bits per heavy atom. The quantitative estimate of drug-likeness (QED) is 0.394. The Labute approximate surface area is 47.4 Å². The molecule has 0 saturated carbocycles. The van der Waals surface area contributed by atoms with Crippen LogP contribution in [0.3, 0.4) is 0 Å². The van der Waals surface area contributed by atoms with Crippen molar-refractivity contribution < 1.29 is 9.63 Å². The molecule has 0 bridgehead atoms. The zero-order valence-electron chi connectivity index (χ0n) is 3.97. The summed E-state index contributed by atoms with van der Waals surface area (Å²) in [5.74, 6) is 0. The molecule has 1 N–H and O–H groups in total. The maximum absolute atomic E-state index is 9.90. The van der Waals surface area contributed by atoms with Crippen molar-refractivity contribution in [2.75, 3.05) is 13.7 Å². The van der Waals surface area contributed by atoms with Crippen LogP contribution >= 0.6 is 12.6 Å². The van der Waals surface area contributed by atoms with Crippen LogP contribution in [0.2, 0.25) is 0 Å². The molecule has 0 unspecified atom stereocenters. The lowest BCUT2D eigenvalue weighted by Gasteiger charge is -1.92. The molecule has 0 aliphatic carbocycles. The van der Waals surface area contributed by atoms with Crippen molar-refractivity contribution in [1.82, 2.24) is 5.48 Å². The number of hydrogen-bond acceptors (Lipinski definition) is 3. The molecule has 0 rings (SSSR count). The molecule has 42 valence electrons. The summed E-state index contributed by atoms with van der Waals surface area (Å²) in [6.07, 6.45) is 0. The minimum absolute atomic E-state index is 0.0135. The summed E-state index contributed by atoms with van der Waals surface area (Å²) in [5, 5.41) is -0.283. The molecule has 0 radical (unpaired) electrons. The molecule has 7 heavy (non-hydrogen) atoms. The summed E-state index contributed by atoms with van der Waals surface area (Å²) in [7, 11) is 1.58. The van der Waals surface area contributed by atoms with E-state index in [0.717, 1.165) is 0 Å². The Bertz CT molecular complexity index is 66.0. The maximum atomic E-state index is 9.90. The SMILES string of the molecule is CNOCC(=O)S. The highest BCUT2D eigenvalue weighted by Crippen LogP contribution is 1.75. The molecule has 0 aliphatic rings. The van der Waals surface area contributed by atoms with E-state index in [1.807, 2.05) is 0 Å². The fraction of sp³-hybridized carbons (Fsp3) is 0.667. The summed E-state index contributed by atoms with van der Waals surface area (Å²) in [4.78, 5) is 14.3. The van der Waals surface area contributed by atoms with E-state index < -0.39 is 0 Å². The molecule has 0 spiro atoms. The molecule has 0 aromatic rings. The number of hydrogen-bond donors (Lipinski definition) is 2. The van der Waals surface area contributed by atoms with E-state index in [1.165, 1.54) is 0 Å². The second-order valence-electron chi connectivity index (χ2n) is 0.887. The third kappa shape index (κ3) is 5.94. The number of rotatable bonds is 3. The van der Waals surface area contributed by atoms with Crippen molar-refractivity contribution in [3.8, 4) is 0 Å². The minimum Gasteiger partial charge on any atom is -0.293 e. The average molecular weight is 121 g/mol. The second-order valence-corrected chi connectivity index (χ2v) is 1.39. The lowest BCUT2D eigenvalue weighted by atomic mass is 10.8. The third-order valence-electron chi connectivity index (χ3n) is 0.340. The van der Waals surface area contributed by atoms with Crippen LogP contribution in [-0.2, 0) is 9.63 Å². The first kappa shape index (κ1) is 6.94. The third-order valence-corrected chi connectivity index (χ3v) is 0.469. The van der Waals surface area contributed by atoms with Crippen LogP contribution < -0.4 is 5.48 Å². The van der Waals surface area contributed by atoms with Gasteiger partial charge in [-0.3, -0.25) is 9.63 Å². The van der Waals surface area contributed by atoms with E-state index in [0.29, 0.717) is 0 Å². The van der Waals surface area contributed by atoms with E-state index in [1.54, 1.807) is 7.05 Å². The highest BCUT2D eigenvalue weighted by atomic mass is 32.1. The van der Waals surface area contributed by atoms with Crippen LogP contribution in [0.1, 0.15) is 0 Å². The van der Waals surface area contributed by atoms with Gasteiger partial charge in [0.15, 0.2) is 0 Å². The van der Waals surface area contributed by atoms with Gasteiger partial charge in [-0.25, -0.2) is 5.48 Å². The first-order chi connectivity index (χ1) is 3.27. The molecular weight excluding hydrogens is 114 g/mol. The molecule has 0 aromatic heterocycles. The summed E-state index contributed by atoms with van der Waals surface area (Å²) in [6.45, 7) is 0.0135. The van der Waals surface area contributed by atoms with Gasteiger partial charge in [-0.05, 0) is 0 Å². The Balaban J connectivity index is 2.82. The maximum Gasteiger partial charge on any atom is 0.213 e. The molecular formula is C3H7NO2S. The molecule has 0 atom stereocenters. The highest BCUT2D eigenvalue weighted by molar-refractivity contribution is 7.96. The molecule has 0 aromatic carbocycles. The van der Waals surface area contributed by atoms with Gasteiger partial charge in [0, 0.05) is 7.05 Å². The van der Waals surface area contributed by atoms with Gasteiger partial charge in [-0.15, -0.1) is 12.6 Å². The Kier molecular flexibility index (Phi) is 4.07. The van der Waals surface area contributed by atoms with Crippen molar-refractivity contribution in [3.05, 3.63) is 0 Å². The fourth-order valence-electron chi connectivity index (χ4n) is 0.134. The van der Waals surface area contributed by atoms with Gasteiger partial charge >= 0.3 is 0 Å². The Hall–Kier alpha value is -0.0600. The zero-order chi connectivity index (χ0) is 5.70. The number of thiol groups is 1. The van der Waals surface area contributed by atoms with Crippen LogP contribution in [0.25, 0.3) is 0 Å². The molecule has 3 nitrogen and oxygen atoms in total. The van der Waals surface area contributed by atoms with Crippen LogP contribution in [0.15, 0.2) is 0 Å². The normalized spacial score (nSPS) is 8.86. The first-order valence-electron chi connectivity index (χ1n) is 1.77. The van der Waals surface area contributed by atoms with Gasteiger partial charge in [-0.2, -0.15) is 0 Å². The largest absolute Gasteiger partial charge is 0.293 e. The van der Waals surface area contributed by atoms with E-state index >= 15 is 0 Å². The van der Waals surface area contributed by atoms with Crippen LogP contribution in [-0.4, -0.2) is 18.8 Å². The van der Waals surface area contributed by atoms with Gasteiger partial charge in [0.2, 0.25) is 5.12 Å². The molecule has 4 heteroatoms. The lowest BCUT2D eigenvalue weighted by molar-refractivity contribution is -0.117. The van der Waals surface area contributed by atoms with Crippen LogP contribution in [0.5, 0.6) is 0 Å². The topological polar surface area (TPSA) is 38.3 Å². The van der Waals surface area contributed by atoms with Gasteiger partial charge in [-0.1, -0.05) is 0 Å². The molecule has 0 saturated heterocycles. The standard InChI is InChI=1S/C3H7NO2S/c1-4-6-2-3(5)7/h4H,2H2,1H3,(H,5,7). The fourth-order valence-corrected chi connectivity index (χ4v) is 0.198. The van der Waals surface area contributed by atoms with Crippen molar-refractivity contribution in [1.29, 1.82) is 0 Å². The monoisotopic (exact) mass is 121 g/mol. The minimum atomic E-state index is -0.283. The smallest absolute Gasteiger partial charge is 0.213 e. The number of carbonyl (C=O) groups is 1. The van der Waals surface area contributed by atoms with E-state index in [9.17, 15) is 4.79 Å². The summed E-state index contributed by atoms with van der Waals surface area (Å²) < 4.78 is 0. The zero-order valence-corrected chi connectivity index (χ0v) is 4.87. The van der Waals surface area contributed by atoms with Crippen LogP contribution in [0, 0.1) is 0 Å². The number of nitrogens with one attached hydrogen (secondary N) is 1. The Morgan fingerprint density at radius 2 is 2.57 bits per heavy atom. The highest BCUT2D eigenvalue weighted by Gasteiger charge is 1.88. The predicted molar refractivity (Wildman–Crippen MR) is 29.0 cm³/mol. The lowest BCUT2D eigenvalue weighted by Crippen LogP contribution is -2.11. The molecule has 0 fully saturated rings. The van der Waals surface area contributed by atoms with Gasteiger partial charge in [0.25, 0.3) is 0 Å². The van der Waals surface area contributed by atoms with E-state index in [4.69, 9.17) is 0 Å². The molecule has 0 heterocycles. The van der Waals surface area contributed by atoms with E-state index in [2.05, 4.69) is 22.9 Å². The summed E-state index contributed by atoms with van der Waals surface area (Å²) >= 11 is 3.43. The van der Waals surface area contributed by atoms with Gasteiger partial charge in [0.05, 0.1) is 0 Å². The predicted octanol–water partition coefficient (Wildman–Crippen LogP) is -0.406. The first-order valence-corrected chi connectivity index (χ1v) is 2.22. The van der Waals surface area contributed by atoms with Gasteiger partial charge < -0.3 is 0 Å². The number of carbonyl (C=O) groups excluding carboxylic acids is 1. The summed E-state index contributed by atoms with van der Waals surface area (Å²) in [6, 6.07) is 0. The van der Waals surface area contributed by atoms with Crippen molar-refractivity contribution >= 4 is 17.7 Å². The van der Waals surface area contributed by atoms with Crippen molar-refractivity contribution in [3.63, 3.8) is 0 Å². The molecule has 0 amide bonds. The van der Waals surface area contributed by atoms with Crippen molar-refractivity contribution in [2.24, 2.45) is 0 Å². The second kappa shape index (κ2) is 4.11. The van der Waals surface area contributed by atoms with Gasteiger partial charge in [0.1, 0.15) is 6.61 Å². The molecule has 0 aliphatic heterocycles. The van der Waals surface area contributed by atoms with Crippen LogP contribution in [0.4, 0.5) is 0 Å². The van der Waals surface area contributed by atoms with Crippen molar-refractivity contribution in [2.45, 2.75) is 0 Å².